The van der Waals surface area contributed by atoms with Gasteiger partial charge < -0.3 is 19.2 Å². The minimum Gasteiger partial charge on any atom is -0.491 e. The lowest BCUT2D eigenvalue weighted by molar-refractivity contribution is 0.0701. The van der Waals surface area contributed by atoms with Crippen molar-refractivity contribution in [2.24, 2.45) is 0 Å². The van der Waals surface area contributed by atoms with Gasteiger partial charge in [0.25, 0.3) is 5.91 Å². The van der Waals surface area contributed by atoms with Crippen molar-refractivity contribution in [1.82, 2.24) is 4.90 Å². The van der Waals surface area contributed by atoms with Gasteiger partial charge in [0.2, 0.25) is 0 Å². The van der Waals surface area contributed by atoms with E-state index in [-0.39, 0.29) is 23.7 Å². The first-order valence-corrected chi connectivity index (χ1v) is 8.74. The van der Waals surface area contributed by atoms with Crippen LogP contribution in [0.25, 0.3) is 11.0 Å². The summed E-state index contributed by atoms with van der Waals surface area (Å²) in [5, 5.41) is 9.80. The molecular formula is C21H19NO5. The summed E-state index contributed by atoms with van der Waals surface area (Å²) < 4.78 is 11.4. The van der Waals surface area contributed by atoms with Crippen LogP contribution in [0.4, 0.5) is 0 Å². The lowest BCUT2D eigenvalue weighted by Gasteiger charge is -2.19. The quantitative estimate of drug-likeness (QED) is 0.755. The van der Waals surface area contributed by atoms with Crippen molar-refractivity contribution in [3.63, 3.8) is 0 Å². The van der Waals surface area contributed by atoms with Crippen LogP contribution in [-0.4, -0.2) is 29.1 Å². The molecule has 1 aliphatic heterocycles. The molecule has 0 aliphatic carbocycles. The molecule has 0 radical (unpaired) electrons. The largest absolute Gasteiger partial charge is 0.491 e. The summed E-state index contributed by atoms with van der Waals surface area (Å²) in [5.74, 6) is 0.347. The van der Waals surface area contributed by atoms with Gasteiger partial charge in [0.1, 0.15) is 17.9 Å². The van der Waals surface area contributed by atoms with Gasteiger partial charge in [0.05, 0.1) is 18.5 Å². The second-order valence-electron chi connectivity index (χ2n) is 6.65. The highest BCUT2D eigenvalue weighted by Crippen LogP contribution is 2.25. The molecule has 0 atom stereocenters. The van der Waals surface area contributed by atoms with E-state index in [1.165, 1.54) is 6.07 Å². The number of hydrogen-bond acceptors (Lipinski definition) is 5. The summed E-state index contributed by atoms with van der Waals surface area (Å²) in [4.78, 5) is 26.9. The summed E-state index contributed by atoms with van der Waals surface area (Å²) in [7, 11) is 0. The predicted octanol–water partition coefficient (Wildman–Crippen LogP) is 2.63. The Balaban J connectivity index is 1.69. The van der Waals surface area contributed by atoms with E-state index in [2.05, 4.69) is 0 Å². The second-order valence-corrected chi connectivity index (χ2v) is 6.65. The van der Waals surface area contributed by atoms with Gasteiger partial charge in [0, 0.05) is 18.2 Å². The molecule has 1 amide bonds. The van der Waals surface area contributed by atoms with E-state index in [0.717, 1.165) is 16.7 Å². The van der Waals surface area contributed by atoms with Gasteiger partial charge in [-0.15, -0.1) is 0 Å². The first-order valence-electron chi connectivity index (χ1n) is 8.74. The van der Waals surface area contributed by atoms with E-state index < -0.39 is 0 Å². The van der Waals surface area contributed by atoms with Crippen molar-refractivity contribution < 1.29 is 19.1 Å². The standard InChI is InChI=1S/C21H19NO5/c1-13-2-4-16-17(24)10-20(27-19(16)8-13)21(25)22-6-7-26-18-5-3-14(12-23)9-15(18)11-22/h2-5,8-10,23H,6-7,11-12H2,1H3. The fourth-order valence-electron chi connectivity index (χ4n) is 3.24. The third-order valence-electron chi connectivity index (χ3n) is 4.67. The van der Waals surface area contributed by atoms with Crippen molar-refractivity contribution in [2.45, 2.75) is 20.1 Å². The Morgan fingerprint density at radius 3 is 2.85 bits per heavy atom. The topological polar surface area (TPSA) is 80.0 Å². The number of hydrogen-bond donors (Lipinski definition) is 1. The molecule has 0 saturated heterocycles. The van der Waals surface area contributed by atoms with Crippen LogP contribution in [0.3, 0.4) is 0 Å². The van der Waals surface area contributed by atoms with Crippen molar-refractivity contribution in [3.8, 4) is 5.75 Å². The Bertz CT molecular complexity index is 1090. The van der Waals surface area contributed by atoms with Crippen LogP contribution >= 0.6 is 0 Å². The number of ether oxygens (including phenoxy) is 1. The minimum atomic E-state index is -0.360. The number of rotatable bonds is 2. The van der Waals surface area contributed by atoms with Crippen LogP contribution in [0.15, 0.2) is 51.7 Å². The molecule has 6 nitrogen and oxygen atoms in total. The summed E-state index contributed by atoms with van der Waals surface area (Å²) >= 11 is 0. The van der Waals surface area contributed by atoms with E-state index in [9.17, 15) is 14.7 Å². The number of fused-ring (bicyclic) bond motifs is 2. The zero-order valence-corrected chi connectivity index (χ0v) is 14.9. The fourth-order valence-corrected chi connectivity index (χ4v) is 3.24. The maximum atomic E-state index is 13.0. The third kappa shape index (κ3) is 3.31. The predicted molar refractivity (Wildman–Crippen MR) is 99.8 cm³/mol. The highest BCUT2D eigenvalue weighted by atomic mass is 16.5. The van der Waals surface area contributed by atoms with Gasteiger partial charge >= 0.3 is 0 Å². The van der Waals surface area contributed by atoms with Crippen LogP contribution in [0.1, 0.15) is 27.2 Å². The molecule has 1 aromatic heterocycles. The maximum absolute atomic E-state index is 13.0. The number of aliphatic hydroxyl groups is 1. The molecule has 4 rings (SSSR count). The molecule has 0 fully saturated rings. The molecule has 3 aromatic rings. The minimum absolute atomic E-state index is 0.0138. The molecule has 0 bridgehead atoms. The molecule has 1 aliphatic rings. The number of nitrogens with zero attached hydrogens (tertiary/aromatic N) is 1. The zero-order valence-electron chi connectivity index (χ0n) is 14.9. The first-order chi connectivity index (χ1) is 13.0. The van der Waals surface area contributed by atoms with Gasteiger partial charge in [0.15, 0.2) is 11.2 Å². The maximum Gasteiger partial charge on any atom is 0.290 e. The second kappa shape index (κ2) is 6.89. The van der Waals surface area contributed by atoms with Gasteiger partial charge in [-0.25, -0.2) is 0 Å². The van der Waals surface area contributed by atoms with Gasteiger partial charge in [-0.3, -0.25) is 9.59 Å². The SMILES string of the molecule is Cc1ccc2c(=O)cc(C(=O)N3CCOc4ccc(CO)cc4C3)oc2c1. The lowest BCUT2D eigenvalue weighted by atomic mass is 10.1. The summed E-state index contributed by atoms with van der Waals surface area (Å²) in [6.45, 7) is 2.85. The third-order valence-corrected chi connectivity index (χ3v) is 4.67. The number of benzene rings is 2. The van der Waals surface area contributed by atoms with Crippen LogP contribution in [0, 0.1) is 6.92 Å². The van der Waals surface area contributed by atoms with Crippen molar-refractivity contribution in [2.75, 3.05) is 13.2 Å². The molecule has 2 heterocycles. The van der Waals surface area contributed by atoms with Crippen molar-refractivity contribution >= 4 is 16.9 Å². The molecule has 2 aromatic carbocycles. The number of aliphatic hydroxyl groups excluding tert-OH is 1. The Morgan fingerprint density at radius 2 is 2.04 bits per heavy atom. The van der Waals surface area contributed by atoms with Crippen LogP contribution < -0.4 is 10.2 Å². The highest BCUT2D eigenvalue weighted by molar-refractivity contribution is 5.93. The molecular weight excluding hydrogens is 346 g/mol. The molecule has 0 unspecified atom stereocenters. The number of aryl methyl sites for hydroxylation is 1. The fraction of sp³-hybridized carbons (Fsp3) is 0.238. The normalized spacial score (nSPS) is 13.8. The first kappa shape index (κ1) is 17.3. The zero-order chi connectivity index (χ0) is 19.0. The average Bonchev–Trinajstić information content (AvgIpc) is 2.88. The van der Waals surface area contributed by atoms with Crippen LogP contribution in [0.5, 0.6) is 5.75 Å². The molecule has 1 N–H and O–H groups in total. The van der Waals surface area contributed by atoms with E-state index in [1.54, 1.807) is 29.2 Å². The molecule has 138 valence electrons. The van der Waals surface area contributed by atoms with Crippen molar-refractivity contribution in [1.29, 1.82) is 0 Å². The van der Waals surface area contributed by atoms with E-state index >= 15 is 0 Å². The van der Waals surface area contributed by atoms with Gasteiger partial charge in [-0.2, -0.15) is 0 Å². The number of amides is 1. The number of carbonyl (C=O) groups excluding carboxylic acids is 1. The van der Waals surface area contributed by atoms with E-state index in [1.807, 2.05) is 19.1 Å². The number of carbonyl (C=O) groups is 1. The van der Waals surface area contributed by atoms with E-state index in [0.29, 0.717) is 36.4 Å². The molecule has 0 saturated carbocycles. The summed E-state index contributed by atoms with van der Waals surface area (Å²) in [6, 6.07) is 12.0. The Labute approximate surface area is 155 Å². The molecule has 6 heteroatoms. The Kier molecular flexibility index (Phi) is 4.41. The Morgan fingerprint density at radius 1 is 1.19 bits per heavy atom. The smallest absolute Gasteiger partial charge is 0.290 e. The molecule has 0 spiro atoms. The highest BCUT2D eigenvalue weighted by Gasteiger charge is 2.24. The van der Waals surface area contributed by atoms with Gasteiger partial charge in [-0.1, -0.05) is 12.1 Å². The average molecular weight is 365 g/mol. The van der Waals surface area contributed by atoms with Gasteiger partial charge in [-0.05, 0) is 42.3 Å². The van der Waals surface area contributed by atoms with Crippen molar-refractivity contribution in [3.05, 3.63) is 75.1 Å². The lowest BCUT2D eigenvalue weighted by Crippen LogP contribution is -2.33. The Hall–Kier alpha value is -3.12. The van der Waals surface area contributed by atoms with E-state index in [4.69, 9.17) is 9.15 Å². The summed E-state index contributed by atoms with van der Waals surface area (Å²) in [6.07, 6.45) is 0. The monoisotopic (exact) mass is 365 g/mol. The van der Waals surface area contributed by atoms with Crippen LogP contribution in [0.2, 0.25) is 0 Å². The summed E-state index contributed by atoms with van der Waals surface area (Å²) in [5.41, 5.74) is 2.67. The van der Waals surface area contributed by atoms with Crippen LogP contribution in [-0.2, 0) is 13.2 Å². The molecule has 27 heavy (non-hydrogen) atoms.